The van der Waals surface area contributed by atoms with Crippen LogP contribution >= 0.6 is 0 Å². The van der Waals surface area contributed by atoms with Gasteiger partial charge in [-0.15, -0.1) is 0 Å². The van der Waals surface area contributed by atoms with E-state index in [-0.39, 0.29) is 11.9 Å². The lowest BCUT2D eigenvalue weighted by Crippen LogP contribution is -2.63. The molecule has 1 aliphatic carbocycles. The number of amides is 4. The Labute approximate surface area is 193 Å². The standard InChI is InChI=1S/C24H33FN4O4/c1-15(2)20(17-9-10-18(25)19(13-17)33-14-16-7-8-16)26-11-5-3-4-6-12-27-21-22(30)28-24(32)29-23(21)31/h9-10,13,16,20-21,26-27H,1,3-8,11-12,14H2,2H3,(H2,28,29,30,31,32)/t20-/m1/s1. The van der Waals surface area contributed by atoms with Crippen LogP contribution in [0.4, 0.5) is 9.18 Å². The van der Waals surface area contributed by atoms with Gasteiger partial charge < -0.3 is 10.1 Å². The van der Waals surface area contributed by atoms with E-state index in [1.165, 1.54) is 6.07 Å². The van der Waals surface area contributed by atoms with E-state index in [1.807, 2.05) is 6.92 Å². The van der Waals surface area contributed by atoms with Gasteiger partial charge in [-0.05, 0) is 69.3 Å². The summed E-state index contributed by atoms with van der Waals surface area (Å²) in [5.74, 6) is -0.742. The Balaban J connectivity index is 1.35. The third-order valence-electron chi connectivity index (χ3n) is 5.75. The van der Waals surface area contributed by atoms with Crippen LogP contribution in [0.3, 0.4) is 0 Å². The topological polar surface area (TPSA) is 109 Å². The number of ether oxygens (including phenoxy) is 1. The summed E-state index contributed by atoms with van der Waals surface area (Å²) in [7, 11) is 0. The summed E-state index contributed by atoms with van der Waals surface area (Å²) in [5, 5.41) is 10.5. The van der Waals surface area contributed by atoms with Crippen LogP contribution in [-0.4, -0.2) is 43.6 Å². The summed E-state index contributed by atoms with van der Waals surface area (Å²) < 4.78 is 19.8. The van der Waals surface area contributed by atoms with Crippen LogP contribution in [-0.2, 0) is 9.59 Å². The van der Waals surface area contributed by atoms with Crippen LogP contribution < -0.4 is 26.0 Å². The van der Waals surface area contributed by atoms with Crippen molar-refractivity contribution in [3.05, 3.63) is 41.7 Å². The molecule has 2 fully saturated rings. The average molecular weight is 461 g/mol. The zero-order valence-electron chi connectivity index (χ0n) is 19.0. The van der Waals surface area contributed by atoms with Crippen molar-refractivity contribution in [2.24, 2.45) is 5.92 Å². The number of unbranched alkanes of at least 4 members (excludes halogenated alkanes) is 3. The lowest BCUT2D eigenvalue weighted by Gasteiger charge is -2.21. The number of hydrogen-bond donors (Lipinski definition) is 4. The first-order valence-corrected chi connectivity index (χ1v) is 11.5. The zero-order valence-corrected chi connectivity index (χ0v) is 19.0. The number of hydrogen-bond acceptors (Lipinski definition) is 6. The van der Waals surface area contributed by atoms with Crippen molar-refractivity contribution in [3.63, 3.8) is 0 Å². The van der Waals surface area contributed by atoms with Gasteiger partial charge in [-0.25, -0.2) is 9.18 Å². The van der Waals surface area contributed by atoms with E-state index in [9.17, 15) is 18.8 Å². The predicted octanol–water partition coefficient (Wildman–Crippen LogP) is 2.71. The Morgan fingerprint density at radius 3 is 2.42 bits per heavy atom. The Morgan fingerprint density at radius 2 is 1.79 bits per heavy atom. The molecule has 9 heteroatoms. The van der Waals surface area contributed by atoms with Gasteiger partial charge in [0.15, 0.2) is 17.6 Å². The fraction of sp³-hybridized carbons (Fsp3) is 0.542. The van der Waals surface area contributed by atoms with E-state index in [2.05, 4.69) is 27.8 Å². The summed E-state index contributed by atoms with van der Waals surface area (Å²) in [6.07, 6.45) is 5.94. The monoisotopic (exact) mass is 460 g/mol. The highest BCUT2D eigenvalue weighted by molar-refractivity contribution is 6.18. The first-order valence-electron chi connectivity index (χ1n) is 11.5. The molecule has 1 aromatic rings. The summed E-state index contributed by atoms with van der Waals surface area (Å²) in [6.45, 7) is 7.86. The lowest BCUT2D eigenvalue weighted by molar-refractivity contribution is -0.133. The van der Waals surface area contributed by atoms with Crippen LogP contribution in [0.15, 0.2) is 30.4 Å². The molecule has 4 N–H and O–H groups in total. The molecule has 0 radical (unpaired) electrons. The molecule has 1 aliphatic heterocycles. The van der Waals surface area contributed by atoms with E-state index in [0.717, 1.165) is 56.2 Å². The molecule has 0 bridgehead atoms. The van der Waals surface area contributed by atoms with Crippen molar-refractivity contribution < 1.29 is 23.5 Å². The minimum Gasteiger partial charge on any atom is -0.490 e. The maximum atomic E-state index is 14.1. The van der Waals surface area contributed by atoms with Gasteiger partial charge in [-0.1, -0.05) is 31.1 Å². The molecule has 33 heavy (non-hydrogen) atoms. The van der Waals surface area contributed by atoms with Crippen LogP contribution in [0.2, 0.25) is 0 Å². The van der Waals surface area contributed by atoms with Gasteiger partial charge in [0.1, 0.15) is 0 Å². The third-order valence-corrected chi connectivity index (χ3v) is 5.75. The number of barbiturate groups is 1. The zero-order chi connectivity index (χ0) is 23.8. The van der Waals surface area contributed by atoms with E-state index in [1.54, 1.807) is 12.1 Å². The number of urea groups is 1. The van der Waals surface area contributed by atoms with Gasteiger partial charge in [0, 0.05) is 0 Å². The van der Waals surface area contributed by atoms with Crippen molar-refractivity contribution >= 4 is 17.8 Å². The van der Waals surface area contributed by atoms with Crippen LogP contribution in [0.5, 0.6) is 5.75 Å². The molecule has 1 aromatic carbocycles. The Kier molecular flexibility index (Phi) is 8.96. The number of carbonyl (C=O) groups is 3. The summed E-state index contributed by atoms with van der Waals surface area (Å²) >= 11 is 0. The molecule has 8 nitrogen and oxygen atoms in total. The second kappa shape index (κ2) is 11.9. The number of carbonyl (C=O) groups excluding carboxylic acids is 3. The Bertz CT molecular complexity index is 867. The first-order chi connectivity index (χ1) is 15.8. The molecule has 2 aliphatic rings. The van der Waals surface area contributed by atoms with E-state index >= 15 is 0 Å². The molecule has 0 spiro atoms. The number of benzene rings is 1. The molecular formula is C24H33FN4O4. The van der Waals surface area contributed by atoms with Crippen LogP contribution in [0, 0.1) is 11.7 Å². The van der Waals surface area contributed by atoms with Crippen molar-refractivity contribution in [3.8, 4) is 5.75 Å². The second-order valence-electron chi connectivity index (χ2n) is 8.79. The minimum absolute atomic E-state index is 0.0819. The molecule has 180 valence electrons. The maximum absolute atomic E-state index is 14.1. The van der Waals surface area contributed by atoms with Gasteiger partial charge in [-0.2, -0.15) is 0 Å². The smallest absolute Gasteiger partial charge is 0.328 e. The highest BCUT2D eigenvalue weighted by Gasteiger charge is 2.33. The van der Waals surface area contributed by atoms with Crippen molar-refractivity contribution in [2.75, 3.05) is 19.7 Å². The molecular weight excluding hydrogens is 427 g/mol. The normalized spacial score (nSPS) is 17.5. The Hall–Kier alpha value is -2.78. The van der Waals surface area contributed by atoms with Gasteiger partial charge in [0.2, 0.25) is 0 Å². The van der Waals surface area contributed by atoms with Gasteiger partial charge in [-0.3, -0.25) is 25.5 Å². The van der Waals surface area contributed by atoms with Gasteiger partial charge >= 0.3 is 6.03 Å². The molecule has 4 amide bonds. The van der Waals surface area contributed by atoms with E-state index in [4.69, 9.17) is 4.74 Å². The third kappa shape index (κ3) is 7.64. The number of rotatable bonds is 14. The van der Waals surface area contributed by atoms with Crippen molar-refractivity contribution in [2.45, 2.75) is 57.5 Å². The number of halogens is 1. The molecule has 3 rings (SSSR count). The number of imide groups is 2. The highest BCUT2D eigenvalue weighted by atomic mass is 19.1. The first kappa shape index (κ1) is 24.9. The highest BCUT2D eigenvalue weighted by Crippen LogP contribution is 2.31. The SMILES string of the molecule is C=C(C)[C@@H](NCCCCCCNC1C(=O)NC(=O)NC1=O)c1ccc(F)c(OCC2CC2)c1. The largest absolute Gasteiger partial charge is 0.490 e. The molecule has 1 saturated carbocycles. The number of nitrogens with one attached hydrogen (secondary N) is 4. The Morgan fingerprint density at radius 1 is 1.12 bits per heavy atom. The fourth-order valence-electron chi connectivity index (χ4n) is 3.68. The average Bonchev–Trinajstić information content (AvgIpc) is 3.58. The fourth-order valence-corrected chi connectivity index (χ4v) is 3.68. The summed E-state index contributed by atoms with van der Waals surface area (Å²) in [6, 6.07) is 3.08. The van der Waals surface area contributed by atoms with Crippen molar-refractivity contribution in [1.29, 1.82) is 0 Å². The van der Waals surface area contributed by atoms with Gasteiger partial charge in [0.05, 0.1) is 12.6 Å². The van der Waals surface area contributed by atoms with E-state index < -0.39 is 23.9 Å². The summed E-state index contributed by atoms with van der Waals surface area (Å²) in [5.41, 5.74) is 1.88. The molecule has 1 atom stereocenters. The lowest BCUT2D eigenvalue weighted by atomic mass is 10.00. The van der Waals surface area contributed by atoms with Crippen LogP contribution in [0.1, 0.15) is 57.1 Å². The predicted molar refractivity (Wildman–Crippen MR) is 122 cm³/mol. The van der Waals surface area contributed by atoms with Gasteiger partial charge in [0.25, 0.3) is 11.8 Å². The molecule has 1 saturated heterocycles. The van der Waals surface area contributed by atoms with Crippen molar-refractivity contribution in [1.82, 2.24) is 21.3 Å². The summed E-state index contributed by atoms with van der Waals surface area (Å²) in [4.78, 5) is 34.4. The second-order valence-corrected chi connectivity index (χ2v) is 8.79. The quantitative estimate of drug-likeness (QED) is 0.193. The minimum atomic E-state index is -1.03. The maximum Gasteiger partial charge on any atom is 0.328 e. The molecule has 0 unspecified atom stereocenters. The van der Waals surface area contributed by atoms with Crippen LogP contribution in [0.25, 0.3) is 0 Å². The molecule has 0 aromatic heterocycles. The van der Waals surface area contributed by atoms with E-state index in [0.29, 0.717) is 24.8 Å². The molecule has 1 heterocycles.